The maximum Gasteiger partial charge on any atom is 0.234 e. The average Bonchev–Trinajstić information content (AvgIpc) is 2.40. The molecule has 6 heteroatoms. The summed E-state index contributed by atoms with van der Waals surface area (Å²) in [4.78, 5) is 13.4. The van der Waals surface area contributed by atoms with Crippen LogP contribution in [0.5, 0.6) is 0 Å². The molecule has 0 aliphatic rings. The molecule has 0 spiro atoms. The topological polar surface area (TPSA) is 52.6 Å². The fourth-order valence-corrected chi connectivity index (χ4v) is 1.89. The Hall–Kier alpha value is -1.53. The molecule has 0 radical (unpaired) electrons. The van der Waals surface area contributed by atoms with Gasteiger partial charge >= 0.3 is 0 Å². The number of hydrogen-bond acceptors (Lipinski definition) is 3. The Labute approximate surface area is 123 Å². The Balaban J connectivity index is 2.30. The number of rotatable bonds is 8. The van der Waals surface area contributed by atoms with Gasteiger partial charge in [-0.15, -0.1) is 0 Å². The third kappa shape index (κ3) is 6.64. The summed E-state index contributed by atoms with van der Waals surface area (Å²) in [5.74, 6) is -1.41. The summed E-state index contributed by atoms with van der Waals surface area (Å²) in [7, 11) is 1.78. The van der Waals surface area contributed by atoms with Gasteiger partial charge in [-0.1, -0.05) is 6.07 Å². The van der Waals surface area contributed by atoms with E-state index in [0.717, 1.165) is 0 Å². The first-order chi connectivity index (χ1) is 9.90. The van der Waals surface area contributed by atoms with E-state index in [2.05, 4.69) is 5.32 Å². The van der Waals surface area contributed by atoms with Gasteiger partial charge in [0.2, 0.25) is 5.91 Å². The van der Waals surface area contributed by atoms with Crippen molar-refractivity contribution in [1.82, 2.24) is 10.2 Å². The smallest absolute Gasteiger partial charge is 0.234 e. The number of nitrogens with zero attached hydrogens (tertiary/aromatic N) is 1. The third-order valence-electron chi connectivity index (χ3n) is 3.10. The Kier molecular flexibility index (Phi) is 7.25. The fraction of sp³-hybridized carbons (Fsp3) is 0.533. The van der Waals surface area contributed by atoms with Gasteiger partial charge in [0.1, 0.15) is 11.6 Å². The van der Waals surface area contributed by atoms with E-state index in [1.54, 1.807) is 18.9 Å². The van der Waals surface area contributed by atoms with Crippen LogP contribution in [0.4, 0.5) is 8.78 Å². The number of nitrogens with one attached hydrogen (secondary N) is 1. The minimum absolute atomic E-state index is 0.0136. The van der Waals surface area contributed by atoms with Crippen LogP contribution >= 0.6 is 0 Å². The molecule has 0 heterocycles. The first-order valence-corrected chi connectivity index (χ1v) is 6.96. The van der Waals surface area contributed by atoms with Crippen LogP contribution in [0.15, 0.2) is 18.2 Å². The number of aliphatic hydroxyl groups is 1. The molecule has 1 unspecified atom stereocenters. The molecule has 1 aromatic carbocycles. The summed E-state index contributed by atoms with van der Waals surface area (Å²) in [6.45, 7) is 2.66. The molecule has 2 N–H and O–H groups in total. The summed E-state index contributed by atoms with van der Waals surface area (Å²) in [5, 5.41) is 11.8. The Bertz CT molecular complexity index is 447. The van der Waals surface area contributed by atoms with Gasteiger partial charge in [0.25, 0.3) is 0 Å². The zero-order valence-corrected chi connectivity index (χ0v) is 12.4. The van der Waals surface area contributed by atoms with E-state index in [0.29, 0.717) is 13.0 Å². The van der Waals surface area contributed by atoms with Crippen LogP contribution in [0, 0.1) is 11.6 Å². The molecular weight excluding hydrogens is 278 g/mol. The minimum Gasteiger partial charge on any atom is -0.393 e. The molecule has 0 aromatic heterocycles. The molecule has 4 nitrogen and oxygen atoms in total. The van der Waals surface area contributed by atoms with Gasteiger partial charge in [0.15, 0.2) is 0 Å². The summed E-state index contributed by atoms with van der Waals surface area (Å²) >= 11 is 0. The molecule has 118 valence electrons. The zero-order valence-electron chi connectivity index (χ0n) is 12.4. The van der Waals surface area contributed by atoms with Gasteiger partial charge in [-0.3, -0.25) is 9.69 Å². The molecule has 0 bridgehead atoms. The molecule has 1 rings (SSSR count). The summed E-state index contributed by atoms with van der Waals surface area (Å²) < 4.78 is 26.8. The number of carbonyl (C=O) groups is 1. The predicted octanol–water partition coefficient (Wildman–Crippen LogP) is 1.33. The van der Waals surface area contributed by atoms with E-state index >= 15 is 0 Å². The standard InChI is InChI=1S/C15H22F2N2O2/c1-11(20)7-9-19(2)10-15(21)18-8-6-12-13(16)4-3-5-14(12)17/h3-5,11,20H,6-10H2,1-2H3,(H,18,21). The molecular formula is C15H22F2N2O2. The molecule has 0 saturated heterocycles. The molecule has 1 atom stereocenters. The van der Waals surface area contributed by atoms with Gasteiger partial charge in [-0.2, -0.15) is 0 Å². The van der Waals surface area contributed by atoms with Crippen LogP contribution in [0.1, 0.15) is 18.9 Å². The number of amides is 1. The largest absolute Gasteiger partial charge is 0.393 e. The van der Waals surface area contributed by atoms with Crippen LogP contribution in [0.3, 0.4) is 0 Å². The van der Waals surface area contributed by atoms with Crippen molar-refractivity contribution in [2.75, 3.05) is 26.7 Å². The van der Waals surface area contributed by atoms with Gasteiger partial charge in [-0.25, -0.2) is 8.78 Å². The van der Waals surface area contributed by atoms with E-state index < -0.39 is 17.7 Å². The lowest BCUT2D eigenvalue weighted by Gasteiger charge is -2.17. The summed E-state index contributed by atoms with van der Waals surface area (Å²) in [6.07, 6.45) is 0.297. The maximum atomic E-state index is 13.4. The number of hydrogen-bond donors (Lipinski definition) is 2. The van der Waals surface area contributed by atoms with Gasteiger partial charge in [-0.05, 0) is 38.9 Å². The van der Waals surface area contributed by atoms with Crippen molar-refractivity contribution in [1.29, 1.82) is 0 Å². The van der Waals surface area contributed by atoms with Crippen molar-refractivity contribution < 1.29 is 18.7 Å². The molecule has 0 aliphatic carbocycles. The molecule has 21 heavy (non-hydrogen) atoms. The number of halogens is 2. The number of benzene rings is 1. The van der Waals surface area contributed by atoms with Crippen molar-refractivity contribution in [3.05, 3.63) is 35.4 Å². The first kappa shape index (κ1) is 17.5. The lowest BCUT2D eigenvalue weighted by Crippen LogP contribution is -2.37. The fourth-order valence-electron chi connectivity index (χ4n) is 1.89. The second-order valence-electron chi connectivity index (χ2n) is 5.18. The normalized spacial score (nSPS) is 12.5. The van der Waals surface area contributed by atoms with E-state index in [9.17, 15) is 13.6 Å². The van der Waals surface area contributed by atoms with Gasteiger partial charge < -0.3 is 10.4 Å². The zero-order chi connectivity index (χ0) is 15.8. The average molecular weight is 300 g/mol. The van der Waals surface area contributed by atoms with Crippen LogP contribution in [-0.2, 0) is 11.2 Å². The van der Waals surface area contributed by atoms with Crippen molar-refractivity contribution in [3.8, 4) is 0 Å². The highest BCUT2D eigenvalue weighted by molar-refractivity contribution is 5.77. The van der Waals surface area contributed by atoms with Crippen molar-refractivity contribution in [2.45, 2.75) is 25.9 Å². The van der Waals surface area contributed by atoms with E-state index in [-0.39, 0.29) is 31.0 Å². The molecule has 0 saturated carbocycles. The molecule has 1 aromatic rings. The quantitative estimate of drug-likeness (QED) is 0.761. The van der Waals surface area contributed by atoms with E-state index in [4.69, 9.17) is 5.11 Å². The van der Waals surface area contributed by atoms with Gasteiger partial charge in [0, 0.05) is 18.7 Å². The maximum absolute atomic E-state index is 13.4. The Morgan fingerprint density at radius 2 is 2.00 bits per heavy atom. The van der Waals surface area contributed by atoms with Crippen LogP contribution in [0.25, 0.3) is 0 Å². The lowest BCUT2D eigenvalue weighted by atomic mass is 10.1. The van der Waals surface area contributed by atoms with Gasteiger partial charge in [0.05, 0.1) is 12.6 Å². The van der Waals surface area contributed by atoms with Crippen LogP contribution in [-0.4, -0.2) is 48.7 Å². The highest BCUT2D eigenvalue weighted by Gasteiger charge is 2.10. The van der Waals surface area contributed by atoms with Crippen LogP contribution in [0.2, 0.25) is 0 Å². The predicted molar refractivity (Wildman–Crippen MR) is 76.9 cm³/mol. The van der Waals surface area contributed by atoms with Crippen molar-refractivity contribution >= 4 is 5.91 Å². The molecule has 0 aliphatic heterocycles. The van der Waals surface area contributed by atoms with E-state index in [1.165, 1.54) is 18.2 Å². The van der Waals surface area contributed by atoms with Crippen LogP contribution < -0.4 is 5.32 Å². The Morgan fingerprint density at radius 1 is 1.38 bits per heavy atom. The highest BCUT2D eigenvalue weighted by Crippen LogP contribution is 2.11. The highest BCUT2D eigenvalue weighted by atomic mass is 19.1. The minimum atomic E-state index is -0.599. The molecule has 1 amide bonds. The number of carbonyl (C=O) groups excluding carboxylic acids is 1. The van der Waals surface area contributed by atoms with Crippen molar-refractivity contribution in [2.24, 2.45) is 0 Å². The monoisotopic (exact) mass is 300 g/mol. The SMILES string of the molecule is CC(O)CCN(C)CC(=O)NCCc1c(F)cccc1F. The third-order valence-corrected chi connectivity index (χ3v) is 3.10. The first-order valence-electron chi connectivity index (χ1n) is 6.96. The molecule has 0 fully saturated rings. The van der Waals surface area contributed by atoms with E-state index in [1.807, 2.05) is 0 Å². The number of aliphatic hydroxyl groups excluding tert-OH is 1. The lowest BCUT2D eigenvalue weighted by molar-refractivity contribution is -0.122. The summed E-state index contributed by atoms with van der Waals surface area (Å²) in [6, 6.07) is 3.71. The summed E-state index contributed by atoms with van der Waals surface area (Å²) in [5.41, 5.74) is -0.0136. The second-order valence-corrected chi connectivity index (χ2v) is 5.18. The van der Waals surface area contributed by atoms with Crippen molar-refractivity contribution in [3.63, 3.8) is 0 Å². The Morgan fingerprint density at radius 3 is 2.57 bits per heavy atom. The second kappa shape index (κ2) is 8.69. The number of likely N-dealkylation sites (N-methyl/N-ethyl adjacent to an activating group) is 1.